The number of hydrogen-bond donors (Lipinski definition) is 0. The molecule has 2 bridgehead atoms. The molecule has 224 valence electrons. The Morgan fingerprint density at radius 1 is 0.864 bits per heavy atom. The van der Waals surface area contributed by atoms with Gasteiger partial charge in [-0.1, -0.05) is 0 Å². The second-order valence-corrected chi connectivity index (χ2v) is 17.7. The summed E-state index contributed by atoms with van der Waals surface area (Å²) in [6.07, 6.45) is 12.0. The SMILES string of the molecule is C=CC1C[PH]2(Cc3cc(-c4ccccc4)c(OC)c(-c4ccccc4)c3)CCC1CC2Cc1ccnc2ccc(OC)cc12. The molecule has 3 atom stereocenters. The molecule has 44 heavy (non-hydrogen) atoms. The zero-order valence-corrected chi connectivity index (χ0v) is 26.8. The Hall–Kier alpha value is -3.94. The molecule has 0 N–H and O–H groups in total. The number of methoxy groups -OCH3 is 2. The number of aromatic nitrogens is 1. The maximum absolute atomic E-state index is 6.17. The third-order valence-corrected chi connectivity index (χ3v) is 16.5. The maximum atomic E-state index is 6.17. The molecule has 3 unspecified atom stereocenters. The summed E-state index contributed by atoms with van der Waals surface area (Å²) in [5.74, 6) is 3.25. The van der Waals surface area contributed by atoms with E-state index in [4.69, 9.17) is 14.5 Å². The van der Waals surface area contributed by atoms with E-state index in [0.29, 0.717) is 5.92 Å². The molecular formula is C40H42NO2P. The topological polar surface area (TPSA) is 31.4 Å². The molecule has 3 nitrogen and oxygen atoms in total. The molecule has 0 spiro atoms. The van der Waals surface area contributed by atoms with E-state index in [0.717, 1.165) is 35.0 Å². The van der Waals surface area contributed by atoms with E-state index in [1.807, 2.05) is 19.4 Å². The number of pyridine rings is 1. The fourth-order valence-electron chi connectivity index (χ4n) is 8.42. The van der Waals surface area contributed by atoms with Crippen molar-refractivity contribution >= 4 is 18.2 Å². The standard InChI is InChI=1S/C40H42NO2P/c1-4-29-27-44(20-18-32(29)23-35(44)24-33-17-19-41-39-16-15-34(42-2)25-36(33)39)26-28-21-37(30-11-7-5-8-12-30)40(43-3)38(22-28)31-13-9-6-10-14-31/h4-17,19,21-22,25,29,32,35,44H,1,18,20,23-24,26-27H2,2-3H3. The van der Waals surface area contributed by atoms with Crippen LogP contribution in [0.3, 0.4) is 0 Å². The number of rotatable bonds is 9. The molecule has 1 aromatic heterocycles. The first-order chi connectivity index (χ1) is 21.6. The molecular weight excluding hydrogens is 557 g/mol. The van der Waals surface area contributed by atoms with E-state index in [9.17, 15) is 0 Å². The van der Waals surface area contributed by atoms with Crippen LogP contribution in [0.5, 0.6) is 11.5 Å². The van der Waals surface area contributed by atoms with Crippen molar-refractivity contribution in [3.8, 4) is 33.8 Å². The molecule has 4 heterocycles. The quantitative estimate of drug-likeness (QED) is 0.125. The summed E-state index contributed by atoms with van der Waals surface area (Å²) in [5, 5.41) is 1.24. The van der Waals surface area contributed by atoms with Gasteiger partial charge in [-0.25, -0.2) is 0 Å². The number of ether oxygens (including phenoxy) is 2. The van der Waals surface area contributed by atoms with Crippen LogP contribution in [-0.4, -0.2) is 37.2 Å². The summed E-state index contributed by atoms with van der Waals surface area (Å²) in [7, 11) is 1.78. The first-order valence-corrected chi connectivity index (χ1v) is 18.7. The van der Waals surface area contributed by atoms with Gasteiger partial charge in [0.05, 0.1) is 0 Å². The van der Waals surface area contributed by atoms with E-state index in [1.54, 1.807) is 7.11 Å². The van der Waals surface area contributed by atoms with Crippen LogP contribution in [0.25, 0.3) is 33.2 Å². The Labute approximate surface area is 262 Å². The fraction of sp³-hybridized carbons (Fsp3) is 0.275. The van der Waals surface area contributed by atoms with E-state index in [-0.39, 0.29) is 0 Å². The normalized spacial score (nSPS) is 21.1. The van der Waals surface area contributed by atoms with E-state index in [1.165, 1.54) is 70.1 Å². The molecule has 3 saturated heterocycles. The third kappa shape index (κ3) is 5.33. The first kappa shape index (κ1) is 28.8. The van der Waals surface area contributed by atoms with Gasteiger partial charge in [-0.05, 0) is 0 Å². The van der Waals surface area contributed by atoms with Gasteiger partial charge in [0.2, 0.25) is 0 Å². The summed E-state index contributed by atoms with van der Waals surface area (Å²) < 4.78 is 11.8. The molecule has 0 amide bonds. The Morgan fingerprint density at radius 2 is 1.57 bits per heavy atom. The van der Waals surface area contributed by atoms with Gasteiger partial charge >= 0.3 is 263 Å². The van der Waals surface area contributed by atoms with E-state index >= 15 is 0 Å². The number of allylic oxidation sites excluding steroid dienone is 1. The summed E-state index contributed by atoms with van der Waals surface area (Å²) in [4.78, 5) is 4.69. The fourth-order valence-corrected chi connectivity index (χ4v) is 14.8. The minimum absolute atomic E-state index is 0.640. The molecule has 3 aliphatic heterocycles. The van der Waals surface area contributed by atoms with Crippen molar-refractivity contribution in [3.05, 3.63) is 127 Å². The van der Waals surface area contributed by atoms with Crippen LogP contribution in [0, 0.1) is 11.8 Å². The van der Waals surface area contributed by atoms with Crippen molar-refractivity contribution in [2.75, 3.05) is 26.5 Å². The van der Waals surface area contributed by atoms with Crippen molar-refractivity contribution in [3.63, 3.8) is 0 Å². The zero-order chi connectivity index (χ0) is 30.1. The number of nitrogens with zero attached hydrogens (tertiary/aromatic N) is 1. The monoisotopic (exact) mass is 599 g/mol. The van der Waals surface area contributed by atoms with Gasteiger partial charge in [0.1, 0.15) is 0 Å². The predicted octanol–water partition coefficient (Wildman–Crippen LogP) is 9.67. The van der Waals surface area contributed by atoms with Crippen LogP contribution in [-0.2, 0) is 12.6 Å². The van der Waals surface area contributed by atoms with Crippen LogP contribution in [0.1, 0.15) is 24.0 Å². The van der Waals surface area contributed by atoms with Gasteiger partial charge in [0.15, 0.2) is 0 Å². The number of benzene rings is 4. The van der Waals surface area contributed by atoms with Crippen LogP contribution in [0.15, 0.2) is 116 Å². The van der Waals surface area contributed by atoms with Gasteiger partial charge in [0, 0.05) is 0 Å². The van der Waals surface area contributed by atoms with Crippen molar-refractivity contribution in [1.82, 2.24) is 4.98 Å². The average Bonchev–Trinajstić information content (AvgIpc) is 3.09. The Balaban J connectivity index is 1.33. The van der Waals surface area contributed by atoms with Gasteiger partial charge < -0.3 is 0 Å². The first-order valence-electron chi connectivity index (χ1n) is 16.0. The molecule has 3 aliphatic rings. The summed E-state index contributed by atoms with van der Waals surface area (Å²) in [6.45, 7) is 4.32. The average molecular weight is 600 g/mol. The van der Waals surface area contributed by atoms with Crippen LogP contribution >= 0.6 is 7.26 Å². The van der Waals surface area contributed by atoms with Gasteiger partial charge in [-0.3, -0.25) is 0 Å². The summed E-state index contributed by atoms with van der Waals surface area (Å²) in [6, 6.07) is 34.9. The van der Waals surface area contributed by atoms with E-state index < -0.39 is 7.26 Å². The van der Waals surface area contributed by atoms with Crippen molar-refractivity contribution < 1.29 is 9.47 Å². The number of hydrogen-bond acceptors (Lipinski definition) is 3. The summed E-state index contributed by atoms with van der Waals surface area (Å²) >= 11 is 0. The van der Waals surface area contributed by atoms with Gasteiger partial charge in [-0.15, -0.1) is 0 Å². The second kappa shape index (κ2) is 12.2. The van der Waals surface area contributed by atoms with Crippen molar-refractivity contribution in [1.29, 1.82) is 0 Å². The molecule has 3 fully saturated rings. The molecule has 4 heteroatoms. The predicted molar refractivity (Wildman–Crippen MR) is 188 cm³/mol. The molecule has 8 rings (SSSR count). The molecule has 0 saturated carbocycles. The van der Waals surface area contributed by atoms with Crippen LogP contribution < -0.4 is 9.47 Å². The zero-order valence-electron chi connectivity index (χ0n) is 25.8. The van der Waals surface area contributed by atoms with Crippen molar-refractivity contribution in [2.24, 2.45) is 11.8 Å². The Bertz CT molecular complexity index is 1730. The van der Waals surface area contributed by atoms with E-state index in [2.05, 4.69) is 104 Å². The molecule has 4 aromatic carbocycles. The number of fused-ring (bicyclic) bond motifs is 4. The summed E-state index contributed by atoms with van der Waals surface area (Å²) in [5.41, 5.74) is 9.41. The molecule has 5 aromatic rings. The van der Waals surface area contributed by atoms with Crippen LogP contribution in [0.4, 0.5) is 0 Å². The minimum atomic E-state index is -1.78. The van der Waals surface area contributed by atoms with Gasteiger partial charge in [-0.2, -0.15) is 0 Å². The van der Waals surface area contributed by atoms with Crippen LogP contribution in [0.2, 0.25) is 0 Å². The molecule has 0 radical (unpaired) electrons. The van der Waals surface area contributed by atoms with Gasteiger partial charge in [0.25, 0.3) is 0 Å². The Morgan fingerprint density at radius 3 is 2.20 bits per heavy atom. The third-order valence-electron chi connectivity index (χ3n) is 10.6. The Kier molecular flexibility index (Phi) is 8.00. The van der Waals surface area contributed by atoms with Crippen molar-refractivity contribution in [2.45, 2.75) is 31.1 Å². The second-order valence-electron chi connectivity index (χ2n) is 12.9. The molecule has 0 aliphatic carbocycles.